The standard InChI is InChI=1S/C18H18N2O6S2/c21-15(19-9-13-3-1-7-27-13)11-25-17(23)5-6-18(24)26-12-16(22)20-10-14-4-2-8-28-14/h1-8H,9-12H2,(H,19,21)(H,20,22)/b6-5+. The largest absolute Gasteiger partial charge is 0.452 e. The number of hydrogen-bond acceptors (Lipinski definition) is 8. The molecule has 148 valence electrons. The van der Waals surface area contributed by atoms with Crippen LogP contribution in [0.15, 0.2) is 47.2 Å². The molecule has 10 heteroatoms. The van der Waals surface area contributed by atoms with Crippen LogP contribution in [-0.4, -0.2) is 37.0 Å². The van der Waals surface area contributed by atoms with Crippen molar-refractivity contribution < 1.29 is 28.7 Å². The number of esters is 2. The van der Waals surface area contributed by atoms with Gasteiger partial charge >= 0.3 is 11.9 Å². The minimum absolute atomic E-state index is 0.352. The number of carbonyl (C=O) groups excluding carboxylic acids is 4. The van der Waals surface area contributed by atoms with E-state index in [1.807, 2.05) is 35.0 Å². The van der Waals surface area contributed by atoms with Gasteiger partial charge in [-0.1, -0.05) is 12.1 Å². The third kappa shape index (κ3) is 8.60. The van der Waals surface area contributed by atoms with Crippen molar-refractivity contribution in [1.82, 2.24) is 10.6 Å². The quantitative estimate of drug-likeness (QED) is 0.442. The molecule has 2 aromatic rings. The first kappa shape index (κ1) is 21.3. The predicted molar refractivity (Wildman–Crippen MR) is 103 cm³/mol. The second-order valence-electron chi connectivity index (χ2n) is 5.26. The third-order valence-corrected chi connectivity index (χ3v) is 4.88. The highest BCUT2D eigenvalue weighted by Gasteiger charge is 2.08. The molecule has 0 saturated carbocycles. The molecule has 28 heavy (non-hydrogen) atoms. The molecule has 0 unspecified atom stereocenters. The van der Waals surface area contributed by atoms with E-state index in [1.54, 1.807) is 0 Å². The third-order valence-electron chi connectivity index (χ3n) is 3.13. The highest BCUT2D eigenvalue weighted by atomic mass is 32.1. The Morgan fingerprint density at radius 3 is 1.57 bits per heavy atom. The molecule has 2 amide bonds. The van der Waals surface area contributed by atoms with E-state index in [9.17, 15) is 19.2 Å². The normalized spacial score (nSPS) is 10.4. The van der Waals surface area contributed by atoms with Crippen molar-refractivity contribution in [3.8, 4) is 0 Å². The summed E-state index contributed by atoms with van der Waals surface area (Å²) in [4.78, 5) is 48.0. The van der Waals surface area contributed by atoms with Crippen LogP contribution >= 0.6 is 22.7 Å². The molecule has 2 aromatic heterocycles. The number of carbonyl (C=O) groups is 4. The first-order valence-electron chi connectivity index (χ1n) is 8.12. The van der Waals surface area contributed by atoms with Crippen molar-refractivity contribution in [2.45, 2.75) is 13.1 Å². The molecule has 0 spiro atoms. The molecule has 8 nitrogen and oxygen atoms in total. The number of amides is 2. The van der Waals surface area contributed by atoms with Gasteiger partial charge in [0.15, 0.2) is 13.2 Å². The summed E-state index contributed by atoms with van der Waals surface area (Å²) in [6.45, 7) is -0.223. The fourth-order valence-corrected chi connectivity index (χ4v) is 3.09. The molecule has 0 aliphatic carbocycles. The first-order valence-corrected chi connectivity index (χ1v) is 9.88. The summed E-state index contributed by atoms with van der Waals surface area (Å²) in [5, 5.41) is 8.97. The van der Waals surface area contributed by atoms with Crippen LogP contribution in [0.5, 0.6) is 0 Å². The Morgan fingerprint density at radius 2 is 1.21 bits per heavy atom. The number of ether oxygens (including phenoxy) is 2. The van der Waals surface area contributed by atoms with Crippen LogP contribution in [-0.2, 0) is 41.7 Å². The Bertz CT molecular complexity index is 747. The fraction of sp³-hybridized carbons (Fsp3) is 0.222. The van der Waals surface area contributed by atoms with Crippen molar-refractivity contribution in [1.29, 1.82) is 0 Å². The van der Waals surface area contributed by atoms with E-state index in [-0.39, 0.29) is 0 Å². The van der Waals surface area contributed by atoms with Crippen LogP contribution in [0.1, 0.15) is 9.75 Å². The van der Waals surface area contributed by atoms with Gasteiger partial charge in [-0.05, 0) is 22.9 Å². The molecule has 0 radical (unpaired) electrons. The highest BCUT2D eigenvalue weighted by Crippen LogP contribution is 2.07. The molecule has 0 atom stereocenters. The van der Waals surface area contributed by atoms with Gasteiger partial charge in [-0.3, -0.25) is 9.59 Å². The summed E-state index contributed by atoms with van der Waals surface area (Å²) in [5.41, 5.74) is 0. The lowest BCUT2D eigenvalue weighted by atomic mass is 10.4. The minimum atomic E-state index is -0.870. The maximum Gasteiger partial charge on any atom is 0.331 e. The van der Waals surface area contributed by atoms with Crippen molar-refractivity contribution in [2.24, 2.45) is 0 Å². The topological polar surface area (TPSA) is 111 Å². The molecule has 2 rings (SSSR count). The van der Waals surface area contributed by atoms with Crippen molar-refractivity contribution in [3.63, 3.8) is 0 Å². The summed E-state index contributed by atoms with van der Waals surface area (Å²) < 4.78 is 9.42. The smallest absolute Gasteiger partial charge is 0.331 e. The van der Waals surface area contributed by atoms with Crippen LogP contribution in [0.25, 0.3) is 0 Å². The minimum Gasteiger partial charge on any atom is -0.452 e. The molecule has 0 fully saturated rings. The van der Waals surface area contributed by atoms with E-state index in [4.69, 9.17) is 9.47 Å². The Hall–Kier alpha value is -2.98. The van der Waals surface area contributed by atoms with Crippen molar-refractivity contribution in [2.75, 3.05) is 13.2 Å². The van der Waals surface area contributed by atoms with Crippen LogP contribution in [0.4, 0.5) is 0 Å². The zero-order valence-corrected chi connectivity index (χ0v) is 16.3. The number of hydrogen-bond donors (Lipinski definition) is 2. The van der Waals surface area contributed by atoms with Crippen LogP contribution in [0, 0.1) is 0 Å². The predicted octanol–water partition coefficient (Wildman–Crippen LogP) is 1.38. The molecule has 0 bridgehead atoms. The summed E-state index contributed by atoms with van der Waals surface area (Å²) in [5.74, 6) is -2.66. The number of nitrogens with one attached hydrogen (secondary N) is 2. The van der Waals surface area contributed by atoms with Gasteiger partial charge in [-0.25, -0.2) is 9.59 Å². The van der Waals surface area contributed by atoms with Crippen LogP contribution in [0.3, 0.4) is 0 Å². The molecule has 0 aromatic carbocycles. The van der Waals surface area contributed by atoms with Crippen LogP contribution < -0.4 is 10.6 Å². The first-order chi connectivity index (χ1) is 13.5. The molecule has 0 saturated heterocycles. The Labute approximate surface area is 169 Å². The van der Waals surface area contributed by atoms with Crippen molar-refractivity contribution >= 4 is 46.4 Å². The average molecular weight is 422 g/mol. The van der Waals surface area contributed by atoms with E-state index in [0.29, 0.717) is 13.1 Å². The molecule has 2 N–H and O–H groups in total. The van der Waals surface area contributed by atoms with Gasteiger partial charge in [0, 0.05) is 21.9 Å². The summed E-state index contributed by atoms with van der Waals surface area (Å²) in [6, 6.07) is 7.47. The van der Waals surface area contributed by atoms with E-state index >= 15 is 0 Å². The van der Waals surface area contributed by atoms with E-state index in [0.717, 1.165) is 21.9 Å². The molecule has 0 aliphatic rings. The summed E-state index contributed by atoms with van der Waals surface area (Å²) in [6.07, 6.45) is 1.66. The number of thiophene rings is 2. The maximum atomic E-state index is 11.6. The summed E-state index contributed by atoms with van der Waals surface area (Å²) in [7, 11) is 0. The Morgan fingerprint density at radius 1 is 0.786 bits per heavy atom. The highest BCUT2D eigenvalue weighted by molar-refractivity contribution is 7.10. The lowest BCUT2D eigenvalue weighted by Gasteiger charge is -2.04. The summed E-state index contributed by atoms with van der Waals surface area (Å²) >= 11 is 2.99. The Balaban J connectivity index is 1.56. The fourth-order valence-electron chi connectivity index (χ4n) is 1.81. The zero-order chi connectivity index (χ0) is 20.2. The maximum absolute atomic E-state index is 11.6. The molecule has 2 heterocycles. The lowest BCUT2D eigenvalue weighted by molar-refractivity contribution is -0.145. The van der Waals surface area contributed by atoms with E-state index < -0.39 is 37.0 Å². The lowest BCUT2D eigenvalue weighted by Crippen LogP contribution is -2.28. The van der Waals surface area contributed by atoms with Gasteiger partial charge < -0.3 is 20.1 Å². The van der Waals surface area contributed by atoms with Gasteiger partial charge in [0.25, 0.3) is 11.8 Å². The monoisotopic (exact) mass is 422 g/mol. The molecular weight excluding hydrogens is 404 g/mol. The van der Waals surface area contributed by atoms with E-state index in [1.165, 1.54) is 22.7 Å². The van der Waals surface area contributed by atoms with Gasteiger partial charge in [-0.2, -0.15) is 0 Å². The van der Waals surface area contributed by atoms with Gasteiger partial charge in [0.1, 0.15) is 0 Å². The van der Waals surface area contributed by atoms with Crippen molar-refractivity contribution in [3.05, 3.63) is 56.9 Å². The second-order valence-corrected chi connectivity index (χ2v) is 7.33. The Kier molecular flexibility index (Phi) is 8.89. The average Bonchev–Trinajstić information content (AvgIpc) is 3.39. The second kappa shape index (κ2) is 11.7. The van der Waals surface area contributed by atoms with Gasteiger partial charge in [0.2, 0.25) is 0 Å². The SMILES string of the molecule is O=C(COC(=O)/C=C/C(=O)OCC(=O)NCc1cccs1)NCc1cccs1. The zero-order valence-electron chi connectivity index (χ0n) is 14.7. The van der Waals surface area contributed by atoms with Gasteiger partial charge in [-0.15, -0.1) is 22.7 Å². The van der Waals surface area contributed by atoms with Gasteiger partial charge in [0.05, 0.1) is 13.1 Å². The van der Waals surface area contributed by atoms with E-state index in [2.05, 4.69) is 10.6 Å². The molecule has 0 aliphatic heterocycles. The number of rotatable bonds is 10. The molecular formula is C18H18N2O6S2. The van der Waals surface area contributed by atoms with Crippen LogP contribution in [0.2, 0.25) is 0 Å².